The first-order valence-electron chi connectivity index (χ1n) is 8.74. The molecule has 2 atom stereocenters. The van der Waals surface area contributed by atoms with Gasteiger partial charge in [0.2, 0.25) is 12.3 Å². The highest BCUT2D eigenvalue weighted by molar-refractivity contribution is 5.80. The molecule has 0 bridgehead atoms. The number of rotatable bonds is 3. The predicted octanol–water partition coefficient (Wildman–Crippen LogP) is 2.06. The molecule has 0 aliphatic carbocycles. The molecule has 1 saturated heterocycles. The van der Waals surface area contributed by atoms with Gasteiger partial charge in [0.25, 0.3) is 0 Å². The number of hydrogen-bond donors (Lipinski definition) is 0. The second-order valence-electron chi connectivity index (χ2n) is 7.56. The molecular weight excluding hydrogens is 322 g/mol. The van der Waals surface area contributed by atoms with Crippen molar-refractivity contribution < 1.29 is 9.32 Å². The standard InChI is InChI=1S/C16H25N7O2/c1-11(23-15(16(2,3)4)18-20-21-23)14(24)22-9-7-5-6-8-12(22)13-17-10-25-19-13/h10-12H,5-9H2,1-4H3/t11-,12-/m0/s1. The quantitative estimate of drug-likeness (QED) is 0.837. The lowest BCUT2D eigenvalue weighted by Crippen LogP contribution is -2.40. The summed E-state index contributed by atoms with van der Waals surface area (Å²) in [6.45, 7) is 8.60. The zero-order valence-corrected chi connectivity index (χ0v) is 15.2. The Kier molecular flexibility index (Phi) is 4.82. The van der Waals surface area contributed by atoms with Crippen molar-refractivity contribution in [1.82, 2.24) is 35.2 Å². The van der Waals surface area contributed by atoms with E-state index in [1.165, 1.54) is 6.39 Å². The number of carbonyl (C=O) groups is 1. The molecular formula is C16H25N7O2. The van der Waals surface area contributed by atoms with Crippen molar-refractivity contribution in [3.8, 4) is 0 Å². The van der Waals surface area contributed by atoms with Crippen molar-refractivity contribution in [3.63, 3.8) is 0 Å². The second kappa shape index (κ2) is 6.89. The largest absolute Gasteiger partial charge is 0.343 e. The molecule has 1 aliphatic rings. The van der Waals surface area contributed by atoms with E-state index >= 15 is 0 Å². The lowest BCUT2D eigenvalue weighted by Gasteiger charge is -2.31. The summed E-state index contributed by atoms with van der Waals surface area (Å²) in [6.07, 6.45) is 5.24. The van der Waals surface area contributed by atoms with Crippen LogP contribution < -0.4 is 0 Å². The first-order chi connectivity index (χ1) is 11.9. The number of aromatic nitrogens is 6. The number of nitrogens with zero attached hydrogens (tertiary/aromatic N) is 7. The van der Waals surface area contributed by atoms with Crippen molar-refractivity contribution in [3.05, 3.63) is 18.0 Å². The highest BCUT2D eigenvalue weighted by Crippen LogP contribution is 2.31. The molecule has 136 valence electrons. The molecule has 0 saturated carbocycles. The molecule has 3 heterocycles. The van der Waals surface area contributed by atoms with Crippen LogP contribution in [-0.2, 0) is 10.2 Å². The highest BCUT2D eigenvalue weighted by atomic mass is 16.5. The summed E-state index contributed by atoms with van der Waals surface area (Å²) in [7, 11) is 0. The molecule has 0 unspecified atom stereocenters. The van der Waals surface area contributed by atoms with Gasteiger partial charge < -0.3 is 9.42 Å². The molecule has 1 fully saturated rings. The maximum Gasteiger partial charge on any atom is 0.247 e. The number of carbonyl (C=O) groups excluding carboxylic acids is 1. The van der Waals surface area contributed by atoms with E-state index in [1.54, 1.807) is 4.68 Å². The topological polar surface area (TPSA) is 103 Å². The summed E-state index contributed by atoms with van der Waals surface area (Å²) < 4.78 is 6.52. The van der Waals surface area contributed by atoms with Gasteiger partial charge >= 0.3 is 0 Å². The van der Waals surface area contributed by atoms with Gasteiger partial charge in [0, 0.05) is 12.0 Å². The number of tetrazole rings is 1. The van der Waals surface area contributed by atoms with Crippen molar-refractivity contribution in [1.29, 1.82) is 0 Å². The maximum absolute atomic E-state index is 13.3. The van der Waals surface area contributed by atoms with Crippen LogP contribution in [0.2, 0.25) is 0 Å². The molecule has 3 rings (SSSR count). The predicted molar refractivity (Wildman–Crippen MR) is 88.4 cm³/mol. The Morgan fingerprint density at radius 2 is 2.12 bits per heavy atom. The molecule has 1 amide bonds. The molecule has 9 nitrogen and oxygen atoms in total. The van der Waals surface area contributed by atoms with Crippen LogP contribution in [0.15, 0.2) is 10.9 Å². The molecule has 0 spiro atoms. The Balaban J connectivity index is 1.88. The molecule has 1 aliphatic heterocycles. The molecule has 2 aromatic heterocycles. The first kappa shape index (κ1) is 17.5. The fourth-order valence-electron chi connectivity index (χ4n) is 3.26. The minimum absolute atomic E-state index is 0.0190. The van der Waals surface area contributed by atoms with Crippen LogP contribution in [0.3, 0.4) is 0 Å². The van der Waals surface area contributed by atoms with Crippen LogP contribution in [0.1, 0.15) is 77.1 Å². The van der Waals surface area contributed by atoms with Gasteiger partial charge in [-0.1, -0.05) is 38.8 Å². The summed E-state index contributed by atoms with van der Waals surface area (Å²) in [6, 6.07) is -0.650. The minimum atomic E-state index is -0.489. The average molecular weight is 347 g/mol. The van der Waals surface area contributed by atoms with E-state index in [0.29, 0.717) is 18.2 Å². The van der Waals surface area contributed by atoms with Crippen LogP contribution in [0.4, 0.5) is 0 Å². The molecule has 2 aromatic rings. The summed E-state index contributed by atoms with van der Waals surface area (Å²) in [5.41, 5.74) is -0.246. The van der Waals surface area contributed by atoms with Crippen LogP contribution in [-0.4, -0.2) is 47.7 Å². The van der Waals surface area contributed by atoms with Crippen molar-refractivity contribution >= 4 is 5.91 Å². The highest BCUT2D eigenvalue weighted by Gasteiger charge is 2.35. The molecule has 9 heteroatoms. The van der Waals surface area contributed by atoms with E-state index in [2.05, 4.69) is 25.7 Å². The van der Waals surface area contributed by atoms with Crippen molar-refractivity contribution in [2.24, 2.45) is 0 Å². The smallest absolute Gasteiger partial charge is 0.247 e. The summed E-state index contributed by atoms with van der Waals surface area (Å²) >= 11 is 0. The summed E-state index contributed by atoms with van der Waals surface area (Å²) in [5, 5.41) is 15.9. The van der Waals surface area contributed by atoms with Gasteiger partial charge in [-0.3, -0.25) is 4.79 Å². The van der Waals surface area contributed by atoms with Crippen LogP contribution in [0.25, 0.3) is 0 Å². The number of amides is 1. The van der Waals surface area contributed by atoms with E-state index in [-0.39, 0.29) is 17.4 Å². The van der Waals surface area contributed by atoms with Gasteiger partial charge in [0.15, 0.2) is 11.6 Å². The fourth-order valence-corrected chi connectivity index (χ4v) is 3.26. The van der Waals surface area contributed by atoms with Gasteiger partial charge in [-0.05, 0) is 30.2 Å². The van der Waals surface area contributed by atoms with E-state index in [0.717, 1.165) is 25.7 Å². The maximum atomic E-state index is 13.3. The SMILES string of the molecule is C[C@@H](C(=O)N1CCCCC[C@H]1c1ncon1)n1nnnc1C(C)(C)C. The third-order valence-electron chi connectivity index (χ3n) is 4.60. The third-order valence-corrected chi connectivity index (χ3v) is 4.60. The normalized spacial score (nSPS) is 20.3. The Labute approximate surface area is 146 Å². The second-order valence-corrected chi connectivity index (χ2v) is 7.56. The van der Waals surface area contributed by atoms with Crippen molar-refractivity contribution in [2.45, 2.75) is 70.9 Å². The third kappa shape index (κ3) is 3.54. The lowest BCUT2D eigenvalue weighted by atomic mass is 9.95. The molecule has 25 heavy (non-hydrogen) atoms. The first-order valence-corrected chi connectivity index (χ1v) is 8.74. The molecule has 0 N–H and O–H groups in total. The molecule has 0 radical (unpaired) electrons. The van der Waals surface area contributed by atoms with Crippen LogP contribution in [0, 0.1) is 0 Å². The Morgan fingerprint density at radius 3 is 2.80 bits per heavy atom. The Bertz CT molecular complexity index is 704. The van der Waals surface area contributed by atoms with E-state index in [1.807, 2.05) is 32.6 Å². The van der Waals surface area contributed by atoms with E-state index in [9.17, 15) is 4.79 Å². The zero-order valence-electron chi connectivity index (χ0n) is 15.2. The van der Waals surface area contributed by atoms with Gasteiger partial charge in [-0.2, -0.15) is 4.98 Å². The number of hydrogen-bond acceptors (Lipinski definition) is 7. The van der Waals surface area contributed by atoms with Crippen LogP contribution >= 0.6 is 0 Å². The summed E-state index contributed by atoms with van der Waals surface area (Å²) in [5.74, 6) is 1.24. The van der Waals surface area contributed by atoms with Gasteiger partial charge in [-0.25, -0.2) is 4.68 Å². The van der Waals surface area contributed by atoms with Gasteiger partial charge in [-0.15, -0.1) is 5.10 Å². The fraction of sp³-hybridized carbons (Fsp3) is 0.750. The van der Waals surface area contributed by atoms with E-state index < -0.39 is 6.04 Å². The minimum Gasteiger partial charge on any atom is -0.343 e. The van der Waals surface area contributed by atoms with Crippen molar-refractivity contribution in [2.75, 3.05) is 6.54 Å². The average Bonchev–Trinajstić information content (AvgIpc) is 3.21. The molecule has 0 aromatic carbocycles. The van der Waals surface area contributed by atoms with E-state index in [4.69, 9.17) is 4.52 Å². The number of likely N-dealkylation sites (tertiary alicyclic amines) is 1. The monoisotopic (exact) mass is 347 g/mol. The lowest BCUT2D eigenvalue weighted by molar-refractivity contribution is -0.137. The van der Waals surface area contributed by atoms with Crippen LogP contribution in [0.5, 0.6) is 0 Å². The van der Waals surface area contributed by atoms with Gasteiger partial charge in [0.05, 0.1) is 6.04 Å². The van der Waals surface area contributed by atoms with Gasteiger partial charge in [0.1, 0.15) is 6.04 Å². The summed E-state index contributed by atoms with van der Waals surface area (Å²) in [4.78, 5) is 19.3. The Morgan fingerprint density at radius 1 is 1.32 bits per heavy atom. The zero-order chi connectivity index (χ0) is 18.0. The Hall–Kier alpha value is -2.32.